The summed E-state index contributed by atoms with van der Waals surface area (Å²) in [6, 6.07) is 3.87. The van der Waals surface area contributed by atoms with E-state index in [2.05, 4.69) is 26.3 Å². The van der Waals surface area contributed by atoms with Gasteiger partial charge in [0.15, 0.2) is 0 Å². The largest absolute Gasteiger partial charge is 0.322 e. The van der Waals surface area contributed by atoms with Crippen molar-refractivity contribution in [1.82, 2.24) is 9.78 Å². The number of carbonyl (C=O) groups excluding carboxylic acids is 1. The summed E-state index contributed by atoms with van der Waals surface area (Å²) < 4.78 is 2.68. The molecule has 0 saturated heterocycles. The van der Waals surface area contributed by atoms with Crippen LogP contribution >= 0.6 is 15.9 Å². The SMILES string of the molecule is Cc1cc(NC(=O)c2cnn(C)c2)cc(C)c1Br. The number of anilines is 1. The van der Waals surface area contributed by atoms with Gasteiger partial charge in [-0.05, 0) is 37.1 Å². The Balaban J connectivity index is 2.22. The van der Waals surface area contributed by atoms with Crippen LogP contribution < -0.4 is 5.32 Å². The highest BCUT2D eigenvalue weighted by Gasteiger charge is 2.09. The lowest BCUT2D eigenvalue weighted by atomic mass is 10.1. The van der Waals surface area contributed by atoms with Gasteiger partial charge in [-0.2, -0.15) is 5.10 Å². The van der Waals surface area contributed by atoms with E-state index in [-0.39, 0.29) is 5.91 Å². The molecule has 1 amide bonds. The van der Waals surface area contributed by atoms with E-state index in [0.29, 0.717) is 5.56 Å². The summed E-state index contributed by atoms with van der Waals surface area (Å²) >= 11 is 3.50. The number of nitrogens with zero attached hydrogens (tertiary/aromatic N) is 2. The van der Waals surface area contributed by atoms with Crippen molar-refractivity contribution in [3.05, 3.63) is 45.7 Å². The molecule has 1 aromatic heterocycles. The minimum absolute atomic E-state index is 0.149. The van der Waals surface area contributed by atoms with Crippen molar-refractivity contribution in [1.29, 1.82) is 0 Å². The van der Waals surface area contributed by atoms with E-state index >= 15 is 0 Å². The molecule has 1 aromatic carbocycles. The summed E-state index contributed by atoms with van der Waals surface area (Å²) in [5.74, 6) is -0.149. The fraction of sp³-hybridized carbons (Fsp3) is 0.231. The second kappa shape index (κ2) is 4.94. The third kappa shape index (κ3) is 2.61. The Bertz CT molecular complexity index is 581. The second-order valence-corrected chi connectivity index (χ2v) is 5.07. The van der Waals surface area contributed by atoms with Gasteiger partial charge < -0.3 is 5.32 Å². The van der Waals surface area contributed by atoms with Crippen molar-refractivity contribution in [3.63, 3.8) is 0 Å². The van der Waals surface area contributed by atoms with Crippen LogP contribution in [0.1, 0.15) is 21.5 Å². The number of amides is 1. The van der Waals surface area contributed by atoms with Crippen LogP contribution in [0.5, 0.6) is 0 Å². The lowest BCUT2D eigenvalue weighted by molar-refractivity contribution is 0.102. The van der Waals surface area contributed by atoms with Gasteiger partial charge >= 0.3 is 0 Å². The van der Waals surface area contributed by atoms with Crippen molar-refractivity contribution >= 4 is 27.5 Å². The van der Waals surface area contributed by atoms with Crippen molar-refractivity contribution in [3.8, 4) is 0 Å². The van der Waals surface area contributed by atoms with Gasteiger partial charge in [-0.3, -0.25) is 9.48 Å². The maximum Gasteiger partial charge on any atom is 0.258 e. The predicted molar refractivity (Wildman–Crippen MR) is 74.8 cm³/mol. The van der Waals surface area contributed by atoms with Crippen LogP contribution in [0.4, 0.5) is 5.69 Å². The number of halogens is 1. The summed E-state index contributed by atoms with van der Waals surface area (Å²) in [4.78, 5) is 12.0. The lowest BCUT2D eigenvalue weighted by Crippen LogP contribution is -2.11. The average Bonchev–Trinajstić information content (AvgIpc) is 2.72. The topological polar surface area (TPSA) is 46.9 Å². The van der Waals surface area contributed by atoms with Gasteiger partial charge in [0.05, 0.1) is 11.8 Å². The molecule has 2 rings (SSSR count). The molecule has 0 aliphatic heterocycles. The molecule has 0 aliphatic carbocycles. The number of benzene rings is 1. The first-order chi connectivity index (χ1) is 8.47. The van der Waals surface area contributed by atoms with E-state index in [0.717, 1.165) is 21.3 Å². The van der Waals surface area contributed by atoms with Crippen molar-refractivity contribution < 1.29 is 4.79 Å². The molecule has 0 bridgehead atoms. The quantitative estimate of drug-likeness (QED) is 0.927. The first kappa shape index (κ1) is 12.8. The Morgan fingerprint density at radius 3 is 2.44 bits per heavy atom. The number of hydrogen-bond acceptors (Lipinski definition) is 2. The van der Waals surface area contributed by atoms with Gasteiger partial charge in [-0.25, -0.2) is 0 Å². The van der Waals surface area contributed by atoms with E-state index in [9.17, 15) is 4.79 Å². The van der Waals surface area contributed by atoms with Gasteiger partial charge in [-0.1, -0.05) is 15.9 Å². The zero-order valence-corrected chi connectivity index (χ0v) is 12.1. The Morgan fingerprint density at radius 2 is 1.94 bits per heavy atom. The van der Waals surface area contributed by atoms with Crippen LogP contribution in [0, 0.1) is 13.8 Å². The molecule has 0 atom stereocenters. The van der Waals surface area contributed by atoms with E-state index in [1.807, 2.05) is 26.0 Å². The Kier molecular flexibility index (Phi) is 3.52. The summed E-state index contributed by atoms with van der Waals surface area (Å²) in [5.41, 5.74) is 3.53. The highest BCUT2D eigenvalue weighted by Crippen LogP contribution is 2.25. The van der Waals surface area contributed by atoms with Crippen LogP contribution in [-0.4, -0.2) is 15.7 Å². The van der Waals surface area contributed by atoms with Crippen LogP contribution in [-0.2, 0) is 7.05 Å². The molecule has 4 nitrogen and oxygen atoms in total. The van der Waals surface area contributed by atoms with Crippen molar-refractivity contribution in [2.24, 2.45) is 7.05 Å². The third-order valence-corrected chi connectivity index (χ3v) is 3.91. The molecule has 94 valence electrons. The monoisotopic (exact) mass is 307 g/mol. The van der Waals surface area contributed by atoms with Gasteiger partial charge in [0.2, 0.25) is 0 Å². The number of carbonyl (C=O) groups is 1. The van der Waals surface area contributed by atoms with Crippen LogP contribution in [0.3, 0.4) is 0 Å². The van der Waals surface area contributed by atoms with E-state index in [1.54, 1.807) is 24.1 Å². The van der Waals surface area contributed by atoms with E-state index in [4.69, 9.17) is 0 Å². The van der Waals surface area contributed by atoms with Gasteiger partial charge in [0.1, 0.15) is 0 Å². The predicted octanol–water partition coefficient (Wildman–Crippen LogP) is 3.05. The maximum absolute atomic E-state index is 12.0. The molecular weight excluding hydrogens is 294 g/mol. The fourth-order valence-corrected chi connectivity index (χ4v) is 1.99. The summed E-state index contributed by atoms with van der Waals surface area (Å²) in [7, 11) is 1.78. The van der Waals surface area contributed by atoms with Crippen molar-refractivity contribution in [2.45, 2.75) is 13.8 Å². The zero-order valence-electron chi connectivity index (χ0n) is 10.5. The molecule has 0 radical (unpaired) electrons. The number of nitrogens with one attached hydrogen (secondary N) is 1. The minimum Gasteiger partial charge on any atom is -0.322 e. The average molecular weight is 308 g/mol. The Hall–Kier alpha value is -1.62. The Morgan fingerprint density at radius 1 is 1.33 bits per heavy atom. The van der Waals surface area contributed by atoms with Gasteiger partial charge in [0.25, 0.3) is 5.91 Å². The highest BCUT2D eigenvalue weighted by atomic mass is 79.9. The standard InChI is InChI=1S/C13H14BrN3O/c1-8-4-11(5-9(2)12(8)14)16-13(18)10-6-15-17(3)7-10/h4-7H,1-3H3,(H,16,18). The molecule has 1 N–H and O–H groups in total. The van der Waals surface area contributed by atoms with Crippen LogP contribution in [0.2, 0.25) is 0 Å². The summed E-state index contributed by atoms with van der Waals surface area (Å²) in [6.45, 7) is 3.99. The molecule has 0 saturated carbocycles. The minimum atomic E-state index is -0.149. The molecule has 0 spiro atoms. The summed E-state index contributed by atoms with van der Waals surface area (Å²) in [6.07, 6.45) is 3.24. The number of hydrogen-bond donors (Lipinski definition) is 1. The first-order valence-corrected chi connectivity index (χ1v) is 6.33. The maximum atomic E-state index is 12.0. The third-order valence-electron chi connectivity index (χ3n) is 2.66. The second-order valence-electron chi connectivity index (χ2n) is 4.28. The molecule has 0 unspecified atom stereocenters. The molecule has 2 aromatic rings. The summed E-state index contributed by atoms with van der Waals surface area (Å²) in [5, 5.41) is 6.84. The molecule has 0 fully saturated rings. The molecule has 0 aliphatic rings. The smallest absolute Gasteiger partial charge is 0.258 e. The van der Waals surface area contributed by atoms with Crippen LogP contribution in [0.15, 0.2) is 29.0 Å². The molecular formula is C13H14BrN3O. The van der Waals surface area contributed by atoms with Crippen molar-refractivity contribution in [2.75, 3.05) is 5.32 Å². The number of aryl methyl sites for hydroxylation is 3. The zero-order chi connectivity index (χ0) is 13.3. The first-order valence-electron chi connectivity index (χ1n) is 5.54. The van der Waals surface area contributed by atoms with Gasteiger partial charge in [-0.15, -0.1) is 0 Å². The molecule has 1 heterocycles. The number of aromatic nitrogens is 2. The molecule has 18 heavy (non-hydrogen) atoms. The lowest BCUT2D eigenvalue weighted by Gasteiger charge is -2.08. The fourth-order valence-electron chi connectivity index (χ4n) is 1.76. The highest BCUT2D eigenvalue weighted by molar-refractivity contribution is 9.10. The Labute approximate surface area is 114 Å². The normalized spacial score (nSPS) is 10.4. The number of rotatable bonds is 2. The van der Waals surface area contributed by atoms with E-state index < -0.39 is 0 Å². The van der Waals surface area contributed by atoms with Gasteiger partial charge in [0, 0.05) is 23.4 Å². The molecule has 5 heteroatoms. The van der Waals surface area contributed by atoms with Crippen LogP contribution in [0.25, 0.3) is 0 Å². The van der Waals surface area contributed by atoms with E-state index in [1.165, 1.54) is 0 Å².